The second kappa shape index (κ2) is 4.44. The molecular weight excluding hydrogens is 196 g/mol. The van der Waals surface area contributed by atoms with Gasteiger partial charge < -0.3 is 0 Å². The zero-order chi connectivity index (χ0) is 10.7. The summed E-state index contributed by atoms with van der Waals surface area (Å²) in [6, 6.07) is 1.93. The Kier molecular flexibility index (Phi) is 3.49. The summed E-state index contributed by atoms with van der Waals surface area (Å²) in [5, 5.41) is 0. The highest BCUT2D eigenvalue weighted by Gasteiger charge is 2.19. The zero-order valence-corrected chi connectivity index (χ0v) is 7.66. The summed E-state index contributed by atoms with van der Waals surface area (Å²) < 4.78 is 50.2. The summed E-state index contributed by atoms with van der Waals surface area (Å²) in [7, 11) is 0. The van der Waals surface area contributed by atoms with Crippen molar-refractivity contribution in [3.05, 3.63) is 34.9 Å². The molecule has 0 unspecified atom stereocenters. The molecule has 0 saturated carbocycles. The summed E-state index contributed by atoms with van der Waals surface area (Å²) in [6.45, 7) is 1.84. The summed E-state index contributed by atoms with van der Waals surface area (Å²) >= 11 is 0. The molecule has 0 aromatic heterocycles. The quantitative estimate of drug-likeness (QED) is 0.659. The fourth-order valence-electron chi connectivity index (χ4n) is 1.28. The largest absolute Gasteiger partial charge is 0.269 e. The Balaban J connectivity index is 3.11. The first-order valence-electron chi connectivity index (χ1n) is 4.32. The monoisotopic (exact) mass is 206 g/mol. The molecule has 0 nitrogen and oxygen atoms in total. The van der Waals surface area contributed by atoms with Crippen LogP contribution in [0.3, 0.4) is 0 Å². The molecule has 0 fully saturated rings. The number of hydrogen-bond donors (Lipinski definition) is 0. The first kappa shape index (κ1) is 11.0. The Hall–Kier alpha value is -1.06. The molecule has 1 aromatic rings. The highest BCUT2D eigenvalue weighted by molar-refractivity contribution is 5.27. The number of rotatable bonds is 3. The van der Waals surface area contributed by atoms with Crippen LogP contribution < -0.4 is 0 Å². The van der Waals surface area contributed by atoms with E-state index in [1.54, 1.807) is 0 Å². The smallest absolute Gasteiger partial charge is 0.206 e. The summed E-state index contributed by atoms with van der Waals surface area (Å²) in [6.07, 6.45) is -1.91. The van der Waals surface area contributed by atoms with Gasteiger partial charge in [-0.15, -0.1) is 0 Å². The van der Waals surface area contributed by atoms with Gasteiger partial charge in [0.2, 0.25) is 0 Å². The maximum atomic E-state index is 13.0. The summed E-state index contributed by atoms with van der Waals surface area (Å²) in [5.41, 5.74) is -0.725. The van der Waals surface area contributed by atoms with Gasteiger partial charge in [-0.2, -0.15) is 0 Å². The Morgan fingerprint density at radius 2 is 1.64 bits per heavy atom. The van der Waals surface area contributed by atoms with Crippen LogP contribution in [-0.2, 0) is 6.42 Å². The van der Waals surface area contributed by atoms with Gasteiger partial charge in [-0.25, -0.2) is 17.6 Å². The van der Waals surface area contributed by atoms with Crippen LogP contribution in [0.4, 0.5) is 17.6 Å². The van der Waals surface area contributed by atoms with Crippen LogP contribution in [0.1, 0.15) is 30.9 Å². The second-order valence-electron chi connectivity index (χ2n) is 3.02. The molecule has 0 N–H and O–H groups in total. The molecule has 78 valence electrons. The molecule has 0 bridgehead atoms. The minimum atomic E-state index is -3.11. The minimum Gasteiger partial charge on any atom is -0.206 e. The third-order valence-corrected chi connectivity index (χ3v) is 1.90. The predicted octanol–water partition coefficient (Wildman–Crippen LogP) is 3.85. The molecule has 0 aliphatic rings. The third kappa shape index (κ3) is 2.25. The van der Waals surface area contributed by atoms with Crippen molar-refractivity contribution in [1.82, 2.24) is 0 Å². The first-order chi connectivity index (χ1) is 6.56. The Morgan fingerprint density at radius 3 is 2.00 bits per heavy atom. The van der Waals surface area contributed by atoms with Crippen LogP contribution >= 0.6 is 0 Å². The number of halogens is 4. The molecule has 1 rings (SSSR count). The van der Waals surface area contributed by atoms with Gasteiger partial charge in [0.1, 0.15) is 11.6 Å². The molecule has 0 spiro atoms. The molecule has 0 aliphatic heterocycles. The van der Waals surface area contributed by atoms with E-state index in [2.05, 4.69) is 0 Å². The van der Waals surface area contributed by atoms with Gasteiger partial charge in [0, 0.05) is 0 Å². The van der Waals surface area contributed by atoms with E-state index >= 15 is 0 Å². The normalized spacial score (nSPS) is 11.0. The molecular formula is C10H10F4. The lowest BCUT2D eigenvalue weighted by atomic mass is 10.1. The second-order valence-corrected chi connectivity index (χ2v) is 3.02. The summed E-state index contributed by atoms with van der Waals surface area (Å²) in [4.78, 5) is 0. The van der Waals surface area contributed by atoms with Crippen molar-refractivity contribution >= 4 is 0 Å². The minimum absolute atomic E-state index is 0.409. The Morgan fingerprint density at radius 1 is 1.14 bits per heavy atom. The lowest BCUT2D eigenvalue weighted by molar-refractivity contribution is 0.141. The molecule has 0 aliphatic carbocycles. The van der Waals surface area contributed by atoms with Crippen LogP contribution in [0, 0.1) is 11.6 Å². The highest BCUT2D eigenvalue weighted by atomic mass is 19.3. The maximum Gasteiger partial charge on any atom is 0.269 e. The van der Waals surface area contributed by atoms with Gasteiger partial charge in [-0.1, -0.05) is 13.3 Å². The average molecular weight is 206 g/mol. The van der Waals surface area contributed by atoms with E-state index in [9.17, 15) is 17.6 Å². The number of aryl methyl sites for hydroxylation is 1. The van der Waals surface area contributed by atoms with E-state index in [4.69, 9.17) is 0 Å². The van der Waals surface area contributed by atoms with E-state index in [1.807, 2.05) is 6.92 Å². The van der Waals surface area contributed by atoms with Crippen LogP contribution in [0.15, 0.2) is 12.1 Å². The van der Waals surface area contributed by atoms with E-state index < -0.39 is 23.6 Å². The van der Waals surface area contributed by atoms with Crippen LogP contribution in [0.25, 0.3) is 0 Å². The van der Waals surface area contributed by atoms with Gasteiger partial charge >= 0.3 is 0 Å². The van der Waals surface area contributed by atoms with E-state index in [0.29, 0.717) is 18.4 Å². The maximum absolute atomic E-state index is 13.0. The van der Waals surface area contributed by atoms with Crippen molar-refractivity contribution in [2.45, 2.75) is 26.2 Å². The Bertz CT molecular complexity index is 297. The van der Waals surface area contributed by atoms with Crippen molar-refractivity contribution in [3.63, 3.8) is 0 Å². The SMILES string of the molecule is CCCc1cc(F)c(C(F)F)c(F)c1. The van der Waals surface area contributed by atoms with E-state index in [-0.39, 0.29) is 0 Å². The topological polar surface area (TPSA) is 0 Å². The fraction of sp³-hybridized carbons (Fsp3) is 0.400. The van der Waals surface area contributed by atoms with Crippen molar-refractivity contribution in [2.24, 2.45) is 0 Å². The molecule has 0 saturated heterocycles. The van der Waals surface area contributed by atoms with Gasteiger partial charge in [0.25, 0.3) is 6.43 Å². The average Bonchev–Trinajstić information content (AvgIpc) is 2.01. The van der Waals surface area contributed by atoms with Crippen molar-refractivity contribution in [1.29, 1.82) is 0 Å². The Labute approximate surface area is 79.6 Å². The molecule has 1 aromatic carbocycles. The van der Waals surface area contributed by atoms with E-state index in [1.165, 1.54) is 0 Å². The number of hydrogen-bond acceptors (Lipinski definition) is 0. The van der Waals surface area contributed by atoms with Crippen LogP contribution in [0.5, 0.6) is 0 Å². The molecule has 0 amide bonds. The fourth-order valence-corrected chi connectivity index (χ4v) is 1.28. The van der Waals surface area contributed by atoms with Gasteiger partial charge in [0.05, 0.1) is 5.56 Å². The molecule has 0 atom stereocenters. The highest BCUT2D eigenvalue weighted by Crippen LogP contribution is 2.26. The third-order valence-electron chi connectivity index (χ3n) is 1.90. The van der Waals surface area contributed by atoms with Gasteiger partial charge in [0.15, 0.2) is 0 Å². The van der Waals surface area contributed by atoms with Gasteiger partial charge in [-0.05, 0) is 24.1 Å². The molecule has 0 radical (unpaired) electrons. The first-order valence-corrected chi connectivity index (χ1v) is 4.32. The predicted molar refractivity (Wildman–Crippen MR) is 45.3 cm³/mol. The van der Waals surface area contributed by atoms with Gasteiger partial charge in [-0.3, -0.25) is 0 Å². The summed E-state index contributed by atoms with van der Waals surface area (Å²) in [5.74, 6) is -2.33. The van der Waals surface area contributed by atoms with Crippen molar-refractivity contribution in [3.8, 4) is 0 Å². The van der Waals surface area contributed by atoms with Crippen LogP contribution in [-0.4, -0.2) is 0 Å². The van der Waals surface area contributed by atoms with Crippen molar-refractivity contribution < 1.29 is 17.6 Å². The number of alkyl halides is 2. The molecule has 14 heavy (non-hydrogen) atoms. The zero-order valence-electron chi connectivity index (χ0n) is 7.66. The molecule has 4 heteroatoms. The molecule has 0 heterocycles. The van der Waals surface area contributed by atoms with Crippen molar-refractivity contribution in [2.75, 3.05) is 0 Å². The van der Waals surface area contributed by atoms with Crippen LogP contribution in [0.2, 0.25) is 0 Å². The lowest BCUT2D eigenvalue weighted by Gasteiger charge is -2.06. The van der Waals surface area contributed by atoms with E-state index in [0.717, 1.165) is 12.1 Å². The lowest BCUT2D eigenvalue weighted by Crippen LogP contribution is -1.98. The number of benzene rings is 1. The standard InChI is InChI=1S/C10H10F4/c1-2-3-6-4-7(11)9(10(13)14)8(12)5-6/h4-5,10H,2-3H2,1H3.